The van der Waals surface area contributed by atoms with Gasteiger partial charge in [0.05, 0.1) is 18.4 Å². The van der Waals surface area contributed by atoms with E-state index in [-0.39, 0.29) is 11.9 Å². The molecule has 98 valence electrons. The Morgan fingerprint density at radius 2 is 2.33 bits per heavy atom. The number of rotatable bonds is 3. The Hall–Kier alpha value is -1.23. The van der Waals surface area contributed by atoms with Crippen molar-refractivity contribution in [3.63, 3.8) is 0 Å². The highest BCUT2D eigenvalue weighted by Crippen LogP contribution is 2.29. The molecule has 1 aromatic rings. The van der Waals surface area contributed by atoms with Gasteiger partial charge in [0.1, 0.15) is 5.82 Å². The molecule has 1 aromatic carbocycles. The van der Waals surface area contributed by atoms with Crippen molar-refractivity contribution in [2.45, 2.75) is 24.6 Å². The maximum absolute atomic E-state index is 13.7. The standard InChI is InChI=1S/C13H16FNO2S/c1-8-5-10(7-18-8)15-12-6-9(13(16)17-2)3-4-11(12)14/h3-4,6,8,10,15H,5,7H2,1-2H3. The zero-order valence-electron chi connectivity index (χ0n) is 10.4. The Kier molecular flexibility index (Phi) is 4.11. The van der Waals surface area contributed by atoms with Crippen LogP contribution >= 0.6 is 11.8 Å². The fourth-order valence-electron chi connectivity index (χ4n) is 2.02. The molecule has 0 amide bonds. The summed E-state index contributed by atoms with van der Waals surface area (Å²) < 4.78 is 18.3. The van der Waals surface area contributed by atoms with E-state index in [0.717, 1.165) is 12.2 Å². The molecule has 0 aromatic heterocycles. The minimum atomic E-state index is -0.452. The van der Waals surface area contributed by atoms with E-state index in [2.05, 4.69) is 17.0 Å². The van der Waals surface area contributed by atoms with Crippen LogP contribution < -0.4 is 5.32 Å². The lowest BCUT2D eigenvalue weighted by molar-refractivity contribution is 0.0600. The van der Waals surface area contributed by atoms with Gasteiger partial charge in [-0.05, 0) is 24.6 Å². The van der Waals surface area contributed by atoms with Crippen molar-refractivity contribution >= 4 is 23.4 Å². The van der Waals surface area contributed by atoms with E-state index in [1.807, 2.05) is 11.8 Å². The number of ether oxygens (including phenoxy) is 1. The summed E-state index contributed by atoms with van der Waals surface area (Å²) in [6, 6.07) is 4.49. The first-order valence-electron chi connectivity index (χ1n) is 5.86. The summed E-state index contributed by atoms with van der Waals surface area (Å²) >= 11 is 1.87. The average molecular weight is 269 g/mol. The molecule has 2 atom stereocenters. The predicted molar refractivity (Wildman–Crippen MR) is 71.7 cm³/mol. The van der Waals surface area contributed by atoms with E-state index < -0.39 is 5.97 Å². The molecule has 2 unspecified atom stereocenters. The van der Waals surface area contributed by atoms with Crippen molar-refractivity contribution in [2.24, 2.45) is 0 Å². The number of carbonyl (C=O) groups is 1. The first kappa shape index (κ1) is 13.2. The van der Waals surface area contributed by atoms with Crippen LogP contribution in [0.2, 0.25) is 0 Å². The van der Waals surface area contributed by atoms with Gasteiger partial charge in [-0.2, -0.15) is 11.8 Å². The fourth-order valence-corrected chi connectivity index (χ4v) is 3.17. The molecule has 1 fully saturated rings. The lowest BCUT2D eigenvalue weighted by Crippen LogP contribution is -2.20. The maximum Gasteiger partial charge on any atom is 0.337 e. The van der Waals surface area contributed by atoms with Crippen molar-refractivity contribution in [1.82, 2.24) is 0 Å². The van der Waals surface area contributed by atoms with Gasteiger partial charge in [0.2, 0.25) is 0 Å². The zero-order valence-corrected chi connectivity index (χ0v) is 11.2. The normalized spacial score (nSPS) is 22.8. The van der Waals surface area contributed by atoms with E-state index in [4.69, 9.17) is 0 Å². The van der Waals surface area contributed by atoms with Crippen molar-refractivity contribution in [1.29, 1.82) is 0 Å². The van der Waals surface area contributed by atoms with Gasteiger partial charge in [0.25, 0.3) is 0 Å². The van der Waals surface area contributed by atoms with Gasteiger partial charge >= 0.3 is 5.97 Å². The molecule has 1 saturated heterocycles. The smallest absolute Gasteiger partial charge is 0.337 e. The van der Waals surface area contributed by atoms with Crippen LogP contribution in [0.5, 0.6) is 0 Å². The molecule has 2 rings (SSSR count). The van der Waals surface area contributed by atoms with Gasteiger partial charge in [-0.3, -0.25) is 0 Å². The van der Waals surface area contributed by atoms with E-state index in [1.165, 1.54) is 25.3 Å². The quantitative estimate of drug-likeness (QED) is 0.856. The predicted octanol–water partition coefficient (Wildman–Crippen LogP) is 2.92. The topological polar surface area (TPSA) is 38.3 Å². The van der Waals surface area contributed by atoms with E-state index in [9.17, 15) is 9.18 Å². The van der Waals surface area contributed by atoms with E-state index in [0.29, 0.717) is 16.5 Å². The molecule has 0 spiro atoms. The van der Waals surface area contributed by atoms with Gasteiger partial charge in [-0.1, -0.05) is 6.92 Å². The first-order chi connectivity index (χ1) is 8.60. The third kappa shape index (κ3) is 2.96. The summed E-state index contributed by atoms with van der Waals surface area (Å²) in [6.07, 6.45) is 1.01. The number of hydrogen-bond donors (Lipinski definition) is 1. The number of benzene rings is 1. The molecule has 5 heteroatoms. The van der Waals surface area contributed by atoms with Crippen LogP contribution in [-0.4, -0.2) is 30.1 Å². The number of methoxy groups -OCH3 is 1. The highest BCUT2D eigenvalue weighted by atomic mass is 32.2. The molecule has 1 heterocycles. The second-order valence-electron chi connectivity index (χ2n) is 4.41. The van der Waals surface area contributed by atoms with Crippen LogP contribution in [0.15, 0.2) is 18.2 Å². The van der Waals surface area contributed by atoms with Crippen molar-refractivity contribution in [3.05, 3.63) is 29.6 Å². The number of nitrogens with one attached hydrogen (secondary N) is 1. The number of hydrogen-bond acceptors (Lipinski definition) is 4. The Balaban J connectivity index is 2.13. The molecular weight excluding hydrogens is 253 g/mol. The summed E-state index contributed by atoms with van der Waals surface area (Å²) in [4.78, 5) is 11.4. The first-order valence-corrected chi connectivity index (χ1v) is 6.91. The minimum Gasteiger partial charge on any atom is -0.465 e. The Bertz CT molecular complexity index is 453. The van der Waals surface area contributed by atoms with Crippen LogP contribution in [0.1, 0.15) is 23.7 Å². The molecule has 18 heavy (non-hydrogen) atoms. The van der Waals surface area contributed by atoms with Gasteiger partial charge in [-0.15, -0.1) is 0 Å². The minimum absolute atomic E-state index is 0.257. The average Bonchev–Trinajstić information content (AvgIpc) is 2.76. The van der Waals surface area contributed by atoms with Crippen LogP contribution in [-0.2, 0) is 4.74 Å². The fraction of sp³-hybridized carbons (Fsp3) is 0.462. The largest absolute Gasteiger partial charge is 0.465 e. The maximum atomic E-state index is 13.7. The molecule has 0 radical (unpaired) electrons. The monoisotopic (exact) mass is 269 g/mol. The second-order valence-corrected chi connectivity index (χ2v) is 5.88. The number of esters is 1. The highest BCUT2D eigenvalue weighted by molar-refractivity contribution is 8.00. The highest BCUT2D eigenvalue weighted by Gasteiger charge is 2.22. The van der Waals surface area contributed by atoms with Crippen molar-refractivity contribution in [2.75, 3.05) is 18.2 Å². The van der Waals surface area contributed by atoms with Crippen LogP contribution in [0.4, 0.5) is 10.1 Å². The molecule has 1 aliphatic rings. The molecule has 0 saturated carbocycles. The summed E-state index contributed by atoms with van der Waals surface area (Å²) in [5, 5.41) is 3.75. The lowest BCUT2D eigenvalue weighted by Gasteiger charge is -2.14. The molecule has 1 aliphatic heterocycles. The third-order valence-electron chi connectivity index (χ3n) is 2.95. The molecule has 0 bridgehead atoms. The van der Waals surface area contributed by atoms with Gasteiger partial charge < -0.3 is 10.1 Å². The molecule has 1 N–H and O–H groups in total. The summed E-state index contributed by atoms with van der Waals surface area (Å²) in [7, 11) is 1.31. The third-order valence-corrected chi connectivity index (χ3v) is 4.30. The number of thioether (sulfide) groups is 1. The lowest BCUT2D eigenvalue weighted by atomic mass is 10.1. The number of carbonyl (C=O) groups excluding carboxylic acids is 1. The van der Waals surface area contributed by atoms with Crippen LogP contribution in [0.25, 0.3) is 0 Å². The van der Waals surface area contributed by atoms with E-state index >= 15 is 0 Å². The van der Waals surface area contributed by atoms with Gasteiger partial charge in [-0.25, -0.2) is 9.18 Å². The Morgan fingerprint density at radius 1 is 1.56 bits per heavy atom. The number of anilines is 1. The van der Waals surface area contributed by atoms with Crippen LogP contribution in [0, 0.1) is 5.82 Å². The Morgan fingerprint density at radius 3 is 2.94 bits per heavy atom. The van der Waals surface area contributed by atoms with Gasteiger partial charge in [0, 0.05) is 17.0 Å². The Labute approximate surface area is 110 Å². The second kappa shape index (κ2) is 5.61. The van der Waals surface area contributed by atoms with Crippen molar-refractivity contribution < 1.29 is 13.9 Å². The molecule has 3 nitrogen and oxygen atoms in total. The van der Waals surface area contributed by atoms with Gasteiger partial charge in [0.15, 0.2) is 0 Å². The number of halogens is 1. The van der Waals surface area contributed by atoms with Crippen molar-refractivity contribution in [3.8, 4) is 0 Å². The molecular formula is C13H16FNO2S. The van der Waals surface area contributed by atoms with E-state index in [1.54, 1.807) is 0 Å². The zero-order chi connectivity index (χ0) is 13.1. The summed E-state index contributed by atoms with van der Waals surface area (Å²) in [5.41, 5.74) is 0.734. The summed E-state index contributed by atoms with van der Waals surface area (Å²) in [5.74, 6) is 0.169. The van der Waals surface area contributed by atoms with Crippen LogP contribution in [0.3, 0.4) is 0 Å². The SMILES string of the molecule is COC(=O)c1ccc(F)c(NC2CSC(C)C2)c1. The molecule has 0 aliphatic carbocycles. The summed E-state index contributed by atoms with van der Waals surface area (Å²) in [6.45, 7) is 2.16.